The van der Waals surface area contributed by atoms with Crippen LogP contribution in [-0.2, 0) is 20.9 Å². The van der Waals surface area contributed by atoms with Gasteiger partial charge in [0.05, 0.1) is 30.2 Å². The van der Waals surface area contributed by atoms with Crippen LogP contribution in [0.1, 0.15) is 12.0 Å². The lowest BCUT2D eigenvalue weighted by atomic mass is 9.77. The van der Waals surface area contributed by atoms with E-state index in [0.717, 1.165) is 44.7 Å². The van der Waals surface area contributed by atoms with Gasteiger partial charge in [0.25, 0.3) is 0 Å². The average molecular weight is 539 g/mol. The summed E-state index contributed by atoms with van der Waals surface area (Å²) in [5, 5.41) is 3.69. The van der Waals surface area contributed by atoms with E-state index in [1.165, 1.54) is 6.07 Å². The molecule has 9 heteroatoms. The summed E-state index contributed by atoms with van der Waals surface area (Å²) < 4.78 is 20.3. The van der Waals surface area contributed by atoms with Crippen molar-refractivity contribution in [2.45, 2.75) is 24.7 Å². The van der Waals surface area contributed by atoms with Crippen molar-refractivity contribution in [2.75, 3.05) is 50.7 Å². The van der Waals surface area contributed by atoms with E-state index in [-0.39, 0.29) is 23.7 Å². The smallest absolute Gasteiger partial charge is 0.230 e. The minimum absolute atomic E-state index is 0.0513. The number of ether oxygens (including phenoxy) is 1. The molecule has 0 radical (unpaired) electrons. The lowest BCUT2D eigenvalue weighted by Gasteiger charge is -2.36. The maximum atomic E-state index is 14.1. The molecular formula is C29H32ClFN4O3. The van der Waals surface area contributed by atoms with Crippen molar-refractivity contribution in [1.82, 2.24) is 15.1 Å². The van der Waals surface area contributed by atoms with Crippen LogP contribution in [0.3, 0.4) is 0 Å². The summed E-state index contributed by atoms with van der Waals surface area (Å²) in [6.45, 7) is 5.48. The number of fused-ring (bicyclic) bond motifs is 1. The molecule has 2 aromatic carbocycles. The van der Waals surface area contributed by atoms with Gasteiger partial charge >= 0.3 is 0 Å². The average Bonchev–Trinajstić information content (AvgIpc) is 3.56. The Hall–Kier alpha value is -2.94. The van der Waals surface area contributed by atoms with Crippen LogP contribution in [-0.4, -0.2) is 79.1 Å². The van der Waals surface area contributed by atoms with Crippen molar-refractivity contribution in [1.29, 1.82) is 0 Å². The van der Waals surface area contributed by atoms with Gasteiger partial charge < -0.3 is 19.9 Å². The number of piperazine rings is 1. The van der Waals surface area contributed by atoms with Gasteiger partial charge in [-0.15, -0.1) is 0 Å². The van der Waals surface area contributed by atoms with E-state index in [1.54, 1.807) is 11.0 Å². The van der Waals surface area contributed by atoms with Gasteiger partial charge in [0.2, 0.25) is 11.8 Å². The second kappa shape index (κ2) is 10.3. The summed E-state index contributed by atoms with van der Waals surface area (Å²) in [5.41, 5.74) is 0.808. The molecular weight excluding hydrogens is 507 g/mol. The fourth-order valence-corrected chi connectivity index (χ4v) is 6.59. The van der Waals surface area contributed by atoms with Crippen molar-refractivity contribution < 1.29 is 18.7 Å². The molecule has 0 saturated carbocycles. The highest BCUT2D eigenvalue weighted by molar-refractivity contribution is 6.31. The Morgan fingerprint density at radius 3 is 2.66 bits per heavy atom. The Morgan fingerprint density at radius 2 is 1.87 bits per heavy atom. The molecule has 4 atom stereocenters. The summed E-state index contributed by atoms with van der Waals surface area (Å²) in [6, 6.07) is 14.4. The molecule has 0 unspecified atom stereocenters. The molecule has 4 aliphatic heterocycles. The number of hydrogen-bond acceptors (Lipinski definition) is 5. The fourth-order valence-electron chi connectivity index (χ4n) is 6.40. The molecule has 0 aromatic heterocycles. The Balaban J connectivity index is 0.994. The molecule has 4 heterocycles. The van der Waals surface area contributed by atoms with Gasteiger partial charge in [-0.3, -0.25) is 14.5 Å². The highest BCUT2D eigenvalue weighted by Gasteiger charge is 2.66. The quantitative estimate of drug-likeness (QED) is 0.413. The second-order valence-corrected chi connectivity index (χ2v) is 11.0. The van der Waals surface area contributed by atoms with Crippen LogP contribution < -0.4 is 10.2 Å². The fraction of sp³-hybridized carbons (Fsp3) is 0.448. The van der Waals surface area contributed by atoms with Crippen LogP contribution in [0.5, 0.6) is 0 Å². The van der Waals surface area contributed by atoms with Crippen LogP contribution in [0.4, 0.5) is 10.1 Å². The number of para-hydroxylation sites is 1. The number of nitrogens with one attached hydrogen (secondary N) is 1. The van der Waals surface area contributed by atoms with Crippen LogP contribution >= 0.6 is 11.6 Å². The van der Waals surface area contributed by atoms with Crippen molar-refractivity contribution in [3.63, 3.8) is 0 Å². The minimum atomic E-state index is -0.733. The number of rotatable bonds is 8. The molecule has 6 rings (SSSR count). The van der Waals surface area contributed by atoms with Gasteiger partial charge in [-0.05, 0) is 36.7 Å². The van der Waals surface area contributed by atoms with Crippen LogP contribution in [0.15, 0.2) is 60.7 Å². The Labute approximate surface area is 227 Å². The number of halogens is 2. The Bertz CT molecular complexity index is 1250. The largest absolute Gasteiger partial charge is 0.367 e. The van der Waals surface area contributed by atoms with Crippen LogP contribution in [0.2, 0.25) is 5.02 Å². The first-order valence-electron chi connectivity index (χ1n) is 13.3. The number of benzene rings is 2. The number of anilines is 1. The van der Waals surface area contributed by atoms with E-state index in [1.807, 2.05) is 48.6 Å². The monoisotopic (exact) mass is 538 g/mol. The van der Waals surface area contributed by atoms with Gasteiger partial charge in [0.1, 0.15) is 11.4 Å². The van der Waals surface area contributed by atoms with Crippen molar-refractivity contribution in [3.05, 3.63) is 77.1 Å². The normalized spacial score (nSPS) is 28.3. The lowest BCUT2D eigenvalue weighted by Crippen LogP contribution is -2.47. The molecule has 3 fully saturated rings. The highest BCUT2D eigenvalue weighted by atomic mass is 35.5. The molecule has 7 nitrogen and oxygen atoms in total. The summed E-state index contributed by atoms with van der Waals surface area (Å²) in [7, 11) is 0. The maximum absolute atomic E-state index is 14.1. The van der Waals surface area contributed by atoms with Gasteiger partial charge in [0, 0.05) is 44.3 Å². The zero-order valence-corrected chi connectivity index (χ0v) is 21.9. The number of hydrogen-bond donors (Lipinski definition) is 1. The Morgan fingerprint density at radius 1 is 1.11 bits per heavy atom. The standard InChI is InChI=1S/C29H32ClFN4O3/c30-21-7-2-1-6-20(21)18-35-19-29-11-10-24(38-29)25(26(29)28(35)37)27(36)32-12-5-13-33-14-16-34(17-15-33)23-9-4-3-8-22(23)31/h1-4,6-11,24-26H,5,12-19H2,(H,32,36)/t24-,25-,26-,29+/m1/s1. The first kappa shape index (κ1) is 25.3. The predicted octanol–water partition coefficient (Wildman–Crippen LogP) is 3.09. The van der Waals surface area contributed by atoms with E-state index in [0.29, 0.717) is 30.3 Å². The first-order chi connectivity index (χ1) is 18.4. The number of likely N-dealkylation sites (tertiary alicyclic amines) is 1. The molecule has 38 heavy (non-hydrogen) atoms. The molecule has 200 valence electrons. The number of amides is 2. The van der Waals surface area contributed by atoms with Gasteiger partial charge in [-0.2, -0.15) is 0 Å². The molecule has 0 aliphatic carbocycles. The van der Waals surface area contributed by atoms with Crippen LogP contribution in [0.25, 0.3) is 0 Å². The number of carbonyl (C=O) groups is 2. The van der Waals surface area contributed by atoms with Crippen molar-refractivity contribution in [3.8, 4) is 0 Å². The molecule has 2 bridgehead atoms. The lowest BCUT2D eigenvalue weighted by molar-refractivity contribution is -0.137. The number of carbonyl (C=O) groups excluding carboxylic acids is 2. The van der Waals surface area contributed by atoms with E-state index >= 15 is 0 Å². The highest BCUT2D eigenvalue weighted by Crippen LogP contribution is 2.52. The molecule has 2 amide bonds. The summed E-state index contributed by atoms with van der Waals surface area (Å²) in [4.78, 5) is 32.9. The summed E-state index contributed by atoms with van der Waals surface area (Å²) in [6.07, 6.45) is 4.35. The molecule has 2 aromatic rings. The number of nitrogens with zero attached hydrogens (tertiary/aromatic N) is 3. The van der Waals surface area contributed by atoms with Gasteiger partial charge in [-0.1, -0.05) is 54.1 Å². The van der Waals surface area contributed by atoms with E-state index in [9.17, 15) is 14.0 Å². The SMILES string of the molecule is O=C(NCCCN1CCN(c2ccccc2F)CC1)[C@@H]1[C@H]2C=C[C@@]3(CN(Cc4ccccc4Cl)C(=O)[C@@H]13)O2. The van der Waals surface area contributed by atoms with E-state index in [4.69, 9.17) is 16.3 Å². The Kier molecular flexibility index (Phi) is 6.88. The third-order valence-electron chi connectivity index (χ3n) is 8.32. The molecule has 1 N–H and O–H groups in total. The van der Waals surface area contributed by atoms with Crippen molar-refractivity contribution >= 4 is 29.1 Å². The van der Waals surface area contributed by atoms with Crippen LogP contribution in [0, 0.1) is 17.7 Å². The van der Waals surface area contributed by atoms with Crippen molar-refractivity contribution in [2.24, 2.45) is 11.8 Å². The maximum Gasteiger partial charge on any atom is 0.230 e. The third kappa shape index (κ3) is 4.59. The topological polar surface area (TPSA) is 65.1 Å². The third-order valence-corrected chi connectivity index (χ3v) is 8.69. The molecule has 4 aliphatic rings. The molecule has 3 saturated heterocycles. The zero-order valence-electron chi connectivity index (χ0n) is 21.2. The zero-order chi connectivity index (χ0) is 26.3. The minimum Gasteiger partial charge on any atom is -0.367 e. The summed E-state index contributed by atoms with van der Waals surface area (Å²) in [5.74, 6) is -1.38. The summed E-state index contributed by atoms with van der Waals surface area (Å²) >= 11 is 6.33. The van der Waals surface area contributed by atoms with E-state index < -0.39 is 17.4 Å². The van der Waals surface area contributed by atoms with E-state index in [2.05, 4.69) is 15.1 Å². The second-order valence-electron chi connectivity index (χ2n) is 10.6. The predicted molar refractivity (Wildman–Crippen MR) is 143 cm³/mol. The first-order valence-corrected chi connectivity index (χ1v) is 13.7. The van der Waals surface area contributed by atoms with Gasteiger partial charge in [-0.25, -0.2) is 4.39 Å². The molecule has 1 spiro atoms. The van der Waals surface area contributed by atoms with Gasteiger partial charge in [0.15, 0.2) is 0 Å².